The van der Waals surface area contributed by atoms with Crippen LogP contribution >= 0.6 is 11.6 Å². The van der Waals surface area contributed by atoms with Crippen LogP contribution in [0.2, 0.25) is 0 Å². The van der Waals surface area contributed by atoms with E-state index in [0.29, 0.717) is 10.6 Å². The molecule has 1 aliphatic heterocycles. The van der Waals surface area contributed by atoms with Gasteiger partial charge in [-0.3, -0.25) is 0 Å². The van der Waals surface area contributed by atoms with Gasteiger partial charge in [0.15, 0.2) is 0 Å². The van der Waals surface area contributed by atoms with Gasteiger partial charge < -0.3 is 9.47 Å². The maximum absolute atomic E-state index is 12.0. The molecule has 0 aromatic heterocycles. The van der Waals surface area contributed by atoms with Gasteiger partial charge in [0.05, 0.1) is 5.60 Å². The first-order chi connectivity index (χ1) is 8.67. The summed E-state index contributed by atoms with van der Waals surface area (Å²) >= 11 is 6.07. The normalized spacial score (nSPS) is 22.2. The van der Waals surface area contributed by atoms with E-state index in [2.05, 4.69) is 4.74 Å². The van der Waals surface area contributed by atoms with Crippen LogP contribution in [0.5, 0.6) is 5.75 Å². The number of alkyl halides is 3. The minimum Gasteiger partial charge on any atom is -0.406 e. The Hall–Kier alpha value is -1.20. The van der Waals surface area contributed by atoms with E-state index >= 15 is 0 Å². The Morgan fingerprint density at radius 2 is 1.84 bits per heavy atom. The first kappa shape index (κ1) is 14.2. The van der Waals surface area contributed by atoms with E-state index in [-0.39, 0.29) is 17.5 Å². The van der Waals surface area contributed by atoms with E-state index in [9.17, 15) is 13.2 Å². The highest BCUT2D eigenvalue weighted by atomic mass is 35.5. The molecule has 1 unspecified atom stereocenters. The van der Waals surface area contributed by atoms with Crippen molar-refractivity contribution < 1.29 is 22.6 Å². The zero-order chi connectivity index (χ0) is 14.3. The van der Waals surface area contributed by atoms with Crippen molar-refractivity contribution in [1.29, 1.82) is 0 Å². The predicted octanol–water partition coefficient (Wildman–Crippen LogP) is 4.34. The van der Waals surface area contributed by atoms with E-state index in [1.807, 2.05) is 13.8 Å². The highest BCUT2D eigenvalue weighted by molar-refractivity contribution is 6.48. The maximum atomic E-state index is 12.0. The Morgan fingerprint density at radius 3 is 2.26 bits per heavy atom. The Bertz CT molecular complexity index is 492. The van der Waals surface area contributed by atoms with Crippen molar-refractivity contribution in [2.45, 2.75) is 31.9 Å². The van der Waals surface area contributed by atoms with E-state index in [1.54, 1.807) is 6.08 Å². The van der Waals surface area contributed by atoms with Gasteiger partial charge in [-0.25, -0.2) is 0 Å². The Morgan fingerprint density at radius 1 is 1.32 bits per heavy atom. The van der Waals surface area contributed by atoms with Gasteiger partial charge in [-0.2, -0.15) is 0 Å². The quantitative estimate of drug-likeness (QED) is 0.773. The summed E-state index contributed by atoms with van der Waals surface area (Å²) in [5, 5.41) is 0.439. The van der Waals surface area contributed by atoms with Crippen molar-refractivity contribution in [3.8, 4) is 5.75 Å². The van der Waals surface area contributed by atoms with Crippen molar-refractivity contribution >= 4 is 16.6 Å². The average Bonchev–Trinajstić information content (AvgIpc) is 2.84. The molecule has 2 nitrogen and oxygen atoms in total. The molecule has 1 aromatic carbocycles. The van der Waals surface area contributed by atoms with Crippen LogP contribution in [0, 0.1) is 0 Å². The minimum absolute atomic E-state index is 0.0638. The molecule has 1 aliphatic rings. The van der Waals surface area contributed by atoms with Crippen LogP contribution in [0.15, 0.2) is 30.3 Å². The third-order valence-electron chi connectivity index (χ3n) is 2.72. The number of hydrogen-bond acceptors (Lipinski definition) is 2. The zero-order valence-electron chi connectivity index (χ0n) is 10.3. The molecular weight excluding hydrogens is 281 g/mol. The fourth-order valence-electron chi connectivity index (χ4n) is 1.57. The number of ether oxygens (including phenoxy) is 2. The largest absolute Gasteiger partial charge is 0.573 e. The third kappa shape index (κ3) is 3.88. The molecule has 1 aromatic rings. The van der Waals surface area contributed by atoms with Gasteiger partial charge in [-0.15, -0.1) is 13.2 Å². The summed E-state index contributed by atoms with van der Waals surface area (Å²) in [5.74, 6) is -0.274. The number of benzene rings is 1. The predicted molar refractivity (Wildman–Crippen MR) is 65.9 cm³/mol. The number of halogens is 4. The lowest BCUT2D eigenvalue weighted by Crippen LogP contribution is -2.16. The van der Waals surface area contributed by atoms with Crippen molar-refractivity contribution in [1.82, 2.24) is 0 Å². The lowest BCUT2D eigenvalue weighted by Gasteiger charge is -2.09. The molecule has 1 heterocycles. The summed E-state index contributed by atoms with van der Waals surface area (Å²) in [6.07, 6.45) is -3.01. The van der Waals surface area contributed by atoms with Crippen molar-refractivity contribution in [2.75, 3.05) is 0 Å². The van der Waals surface area contributed by atoms with Crippen LogP contribution in [-0.2, 0) is 4.74 Å². The number of rotatable bonds is 3. The molecule has 0 saturated carbocycles. The molecule has 0 N–H and O–H groups in total. The van der Waals surface area contributed by atoms with Gasteiger partial charge in [-0.05, 0) is 49.8 Å². The van der Waals surface area contributed by atoms with Gasteiger partial charge in [0.1, 0.15) is 11.9 Å². The second-order valence-corrected chi connectivity index (χ2v) is 5.14. The second-order valence-electron chi connectivity index (χ2n) is 4.73. The Kier molecular flexibility index (Phi) is 3.53. The van der Waals surface area contributed by atoms with E-state index in [1.165, 1.54) is 24.3 Å². The van der Waals surface area contributed by atoms with Gasteiger partial charge in [0, 0.05) is 5.03 Å². The van der Waals surface area contributed by atoms with Gasteiger partial charge in [0.25, 0.3) is 0 Å². The third-order valence-corrected chi connectivity index (χ3v) is 3.06. The lowest BCUT2D eigenvalue weighted by atomic mass is 10.1. The highest BCUT2D eigenvalue weighted by Gasteiger charge is 2.46. The van der Waals surface area contributed by atoms with Crippen molar-refractivity contribution in [2.24, 2.45) is 0 Å². The topological polar surface area (TPSA) is 21.8 Å². The molecule has 0 bridgehead atoms. The van der Waals surface area contributed by atoms with Crippen molar-refractivity contribution in [3.05, 3.63) is 35.9 Å². The minimum atomic E-state index is -4.69. The molecule has 1 atom stereocenters. The van der Waals surface area contributed by atoms with Gasteiger partial charge >= 0.3 is 6.36 Å². The van der Waals surface area contributed by atoms with Crippen LogP contribution < -0.4 is 4.74 Å². The first-order valence-electron chi connectivity index (χ1n) is 5.59. The monoisotopic (exact) mass is 292 g/mol. The molecule has 6 heteroatoms. The Labute approximate surface area is 113 Å². The van der Waals surface area contributed by atoms with Crippen LogP contribution in [-0.4, -0.2) is 18.1 Å². The second kappa shape index (κ2) is 4.72. The van der Waals surface area contributed by atoms with Crippen molar-refractivity contribution in [3.63, 3.8) is 0 Å². The average molecular weight is 293 g/mol. The van der Waals surface area contributed by atoms with Crippen LogP contribution in [0.4, 0.5) is 13.2 Å². The molecule has 0 amide bonds. The highest BCUT2D eigenvalue weighted by Crippen LogP contribution is 2.38. The van der Waals surface area contributed by atoms with E-state index in [0.717, 1.165) is 0 Å². The molecule has 2 rings (SSSR count). The summed E-state index contributed by atoms with van der Waals surface area (Å²) in [5.41, 5.74) is 0.391. The summed E-state index contributed by atoms with van der Waals surface area (Å²) in [4.78, 5) is 0. The molecule has 1 saturated heterocycles. The summed E-state index contributed by atoms with van der Waals surface area (Å²) < 4.78 is 45.1. The van der Waals surface area contributed by atoms with E-state index in [4.69, 9.17) is 16.3 Å². The van der Waals surface area contributed by atoms with Gasteiger partial charge in [-0.1, -0.05) is 11.6 Å². The van der Waals surface area contributed by atoms with Crippen LogP contribution in [0.1, 0.15) is 19.4 Å². The summed E-state index contributed by atoms with van der Waals surface area (Å²) in [6.45, 7) is 3.86. The maximum Gasteiger partial charge on any atom is 0.573 e. The first-order valence-corrected chi connectivity index (χ1v) is 5.96. The SMILES string of the molecule is CC1(C)OC1C=C(Cl)c1ccc(OC(F)(F)F)cc1. The fraction of sp³-hybridized carbons (Fsp3) is 0.385. The molecule has 104 valence electrons. The summed E-state index contributed by atoms with van der Waals surface area (Å²) in [6, 6.07) is 5.38. The standard InChI is InChI=1S/C13H12ClF3O2/c1-12(2)11(19-12)7-10(14)8-3-5-9(6-4-8)18-13(15,16)17/h3-7,11H,1-2H3. The van der Waals surface area contributed by atoms with Crippen LogP contribution in [0.3, 0.4) is 0 Å². The smallest absolute Gasteiger partial charge is 0.406 e. The van der Waals surface area contributed by atoms with Crippen LogP contribution in [0.25, 0.3) is 5.03 Å². The number of hydrogen-bond donors (Lipinski definition) is 0. The number of epoxide rings is 1. The van der Waals surface area contributed by atoms with Gasteiger partial charge in [0.2, 0.25) is 0 Å². The molecular formula is C13H12ClF3O2. The Balaban J connectivity index is 2.06. The fourth-order valence-corrected chi connectivity index (χ4v) is 1.81. The molecule has 1 fully saturated rings. The lowest BCUT2D eigenvalue weighted by molar-refractivity contribution is -0.274. The molecule has 19 heavy (non-hydrogen) atoms. The molecule has 0 radical (unpaired) electrons. The molecule has 0 aliphatic carbocycles. The summed E-state index contributed by atoms with van der Waals surface area (Å²) in [7, 11) is 0. The molecule has 0 spiro atoms. The van der Waals surface area contributed by atoms with E-state index < -0.39 is 6.36 Å². The zero-order valence-corrected chi connectivity index (χ0v) is 11.0.